The molecule has 0 unspecified atom stereocenters. The molecule has 0 spiro atoms. The van der Waals surface area contributed by atoms with Crippen LogP contribution >= 0.6 is 27.5 Å². The highest BCUT2D eigenvalue weighted by molar-refractivity contribution is 9.10. The van der Waals surface area contributed by atoms with Crippen molar-refractivity contribution in [3.63, 3.8) is 0 Å². The minimum absolute atomic E-state index is 0.137. The summed E-state index contributed by atoms with van der Waals surface area (Å²) in [4.78, 5) is 12.1. The first kappa shape index (κ1) is 18.5. The summed E-state index contributed by atoms with van der Waals surface area (Å²) in [5, 5.41) is 4.81. The molecule has 134 valence electrons. The summed E-state index contributed by atoms with van der Waals surface area (Å²) < 4.78 is 13.2. The highest BCUT2D eigenvalue weighted by Crippen LogP contribution is 2.27. The molecular weight excluding hydrogens is 420 g/mol. The number of rotatable bonds is 7. The lowest BCUT2D eigenvalue weighted by molar-refractivity contribution is 0.0450. The molecule has 0 aliphatic rings. The lowest BCUT2D eigenvalue weighted by Gasteiger charge is -2.08. The number of carbonyl (C=O) groups is 1. The first-order valence-electron chi connectivity index (χ1n) is 7.93. The van der Waals surface area contributed by atoms with Crippen LogP contribution in [0.5, 0.6) is 5.75 Å². The van der Waals surface area contributed by atoms with Crippen LogP contribution in [-0.2, 0) is 11.3 Å². The molecule has 0 bridgehead atoms. The predicted molar refractivity (Wildman–Crippen MR) is 103 cm³/mol. The Morgan fingerprint density at radius 3 is 2.73 bits per heavy atom. The van der Waals surface area contributed by atoms with E-state index in [0.717, 1.165) is 10.0 Å². The highest BCUT2D eigenvalue weighted by atomic mass is 79.9. The molecule has 0 radical (unpaired) electrons. The Balaban J connectivity index is 1.46. The van der Waals surface area contributed by atoms with Crippen LogP contribution in [0.15, 0.2) is 65.4 Å². The third-order valence-electron chi connectivity index (χ3n) is 3.52. The van der Waals surface area contributed by atoms with E-state index < -0.39 is 5.97 Å². The van der Waals surface area contributed by atoms with E-state index in [9.17, 15) is 4.79 Å². The molecule has 1 heterocycles. The fourth-order valence-corrected chi connectivity index (χ4v) is 3.08. The molecule has 2 aromatic carbocycles. The number of ether oxygens (including phenoxy) is 2. The maximum atomic E-state index is 12.1. The molecule has 3 aromatic rings. The van der Waals surface area contributed by atoms with Gasteiger partial charge in [0.25, 0.3) is 0 Å². The van der Waals surface area contributed by atoms with Crippen molar-refractivity contribution in [2.75, 3.05) is 13.2 Å². The number of nitrogens with zero attached hydrogens (tertiary/aromatic N) is 2. The van der Waals surface area contributed by atoms with Gasteiger partial charge in [-0.1, -0.05) is 41.9 Å². The zero-order valence-electron chi connectivity index (χ0n) is 13.8. The van der Waals surface area contributed by atoms with E-state index in [1.54, 1.807) is 29.1 Å². The van der Waals surface area contributed by atoms with Crippen molar-refractivity contribution in [2.45, 2.75) is 6.54 Å². The van der Waals surface area contributed by atoms with Gasteiger partial charge in [0.05, 0.1) is 22.8 Å². The first-order chi connectivity index (χ1) is 12.6. The van der Waals surface area contributed by atoms with Crippen LogP contribution in [-0.4, -0.2) is 29.0 Å². The smallest absolute Gasteiger partial charge is 0.341 e. The van der Waals surface area contributed by atoms with E-state index in [-0.39, 0.29) is 13.2 Å². The summed E-state index contributed by atoms with van der Waals surface area (Å²) in [6.45, 7) is 0.976. The molecule has 0 aliphatic heterocycles. The van der Waals surface area contributed by atoms with Gasteiger partial charge < -0.3 is 9.47 Å². The van der Waals surface area contributed by atoms with Gasteiger partial charge in [0.1, 0.15) is 19.0 Å². The summed E-state index contributed by atoms with van der Waals surface area (Å²) >= 11 is 9.24. The molecule has 26 heavy (non-hydrogen) atoms. The van der Waals surface area contributed by atoms with Crippen molar-refractivity contribution in [2.24, 2.45) is 0 Å². The fraction of sp³-hybridized carbons (Fsp3) is 0.158. The van der Waals surface area contributed by atoms with Gasteiger partial charge in [-0.15, -0.1) is 0 Å². The summed E-state index contributed by atoms with van der Waals surface area (Å²) in [6, 6.07) is 15.1. The molecule has 0 fully saturated rings. The Morgan fingerprint density at radius 2 is 1.96 bits per heavy atom. The molecule has 0 saturated carbocycles. The van der Waals surface area contributed by atoms with Crippen molar-refractivity contribution in [3.05, 3.63) is 81.5 Å². The van der Waals surface area contributed by atoms with Gasteiger partial charge in [-0.3, -0.25) is 4.68 Å². The molecule has 3 rings (SSSR count). The zero-order chi connectivity index (χ0) is 18.4. The molecule has 5 nitrogen and oxygen atoms in total. The third-order valence-corrected chi connectivity index (χ3v) is 4.38. The standard InChI is InChI=1S/C19H16BrClN2O3/c20-17-10-16(21)6-7-18(17)25-8-9-26-19(24)15-11-22-23(13-15)12-14-4-2-1-3-5-14/h1-7,10-11,13H,8-9,12H2. The lowest BCUT2D eigenvalue weighted by atomic mass is 10.2. The van der Waals surface area contributed by atoms with Gasteiger partial charge >= 0.3 is 5.97 Å². The van der Waals surface area contributed by atoms with Crippen molar-refractivity contribution >= 4 is 33.5 Å². The zero-order valence-corrected chi connectivity index (χ0v) is 16.1. The second kappa shape index (κ2) is 8.87. The van der Waals surface area contributed by atoms with Crippen molar-refractivity contribution in [1.29, 1.82) is 0 Å². The number of benzene rings is 2. The number of halogens is 2. The third kappa shape index (κ3) is 5.09. The number of esters is 1. The van der Waals surface area contributed by atoms with Gasteiger partial charge in [0, 0.05) is 11.2 Å². The van der Waals surface area contributed by atoms with Crippen LogP contribution < -0.4 is 4.74 Å². The Kier molecular flexibility index (Phi) is 6.30. The Bertz CT molecular complexity index is 884. The second-order valence-corrected chi connectivity index (χ2v) is 6.76. The van der Waals surface area contributed by atoms with E-state index in [0.29, 0.717) is 22.9 Å². The van der Waals surface area contributed by atoms with E-state index in [1.165, 1.54) is 6.20 Å². The van der Waals surface area contributed by atoms with Crippen molar-refractivity contribution < 1.29 is 14.3 Å². The normalized spacial score (nSPS) is 10.5. The van der Waals surface area contributed by atoms with Gasteiger partial charge in [-0.05, 0) is 39.7 Å². The minimum atomic E-state index is -0.428. The monoisotopic (exact) mass is 434 g/mol. The maximum Gasteiger partial charge on any atom is 0.341 e. The molecule has 0 aliphatic carbocycles. The number of hydrogen-bond donors (Lipinski definition) is 0. The Morgan fingerprint density at radius 1 is 1.15 bits per heavy atom. The van der Waals surface area contributed by atoms with Crippen LogP contribution in [0.3, 0.4) is 0 Å². The molecule has 0 atom stereocenters. The maximum absolute atomic E-state index is 12.1. The van der Waals surface area contributed by atoms with Crippen molar-refractivity contribution in [3.8, 4) is 5.75 Å². The van der Waals surface area contributed by atoms with E-state index in [1.807, 2.05) is 30.3 Å². The average molecular weight is 436 g/mol. The molecule has 0 amide bonds. The summed E-state index contributed by atoms with van der Waals surface area (Å²) in [5.74, 6) is 0.212. The highest BCUT2D eigenvalue weighted by Gasteiger charge is 2.11. The van der Waals surface area contributed by atoms with E-state index in [4.69, 9.17) is 21.1 Å². The predicted octanol–water partition coefficient (Wildman–Crippen LogP) is 4.58. The van der Waals surface area contributed by atoms with Crippen LogP contribution in [0.1, 0.15) is 15.9 Å². The van der Waals surface area contributed by atoms with E-state index >= 15 is 0 Å². The average Bonchev–Trinajstić information content (AvgIpc) is 3.09. The number of carbonyl (C=O) groups excluding carboxylic acids is 1. The largest absolute Gasteiger partial charge is 0.489 e. The SMILES string of the molecule is O=C(OCCOc1ccc(Cl)cc1Br)c1cnn(Cc2ccccc2)c1. The quantitative estimate of drug-likeness (QED) is 0.402. The summed E-state index contributed by atoms with van der Waals surface area (Å²) in [6.07, 6.45) is 3.17. The Hall–Kier alpha value is -2.31. The molecule has 0 saturated heterocycles. The summed E-state index contributed by atoms with van der Waals surface area (Å²) in [7, 11) is 0. The summed E-state index contributed by atoms with van der Waals surface area (Å²) in [5.41, 5.74) is 1.52. The van der Waals surface area contributed by atoms with Crippen molar-refractivity contribution in [1.82, 2.24) is 9.78 Å². The van der Waals surface area contributed by atoms with Gasteiger partial charge in [-0.25, -0.2) is 4.79 Å². The first-order valence-corrected chi connectivity index (χ1v) is 9.10. The molecule has 0 N–H and O–H groups in total. The molecule has 1 aromatic heterocycles. The van der Waals surface area contributed by atoms with E-state index in [2.05, 4.69) is 21.0 Å². The second-order valence-electron chi connectivity index (χ2n) is 5.47. The number of hydrogen-bond acceptors (Lipinski definition) is 4. The molecule has 7 heteroatoms. The van der Waals surface area contributed by atoms with Crippen LogP contribution in [0.25, 0.3) is 0 Å². The lowest BCUT2D eigenvalue weighted by Crippen LogP contribution is -2.12. The van der Waals surface area contributed by atoms with Crippen LogP contribution in [0.2, 0.25) is 5.02 Å². The van der Waals surface area contributed by atoms with Gasteiger partial charge in [-0.2, -0.15) is 5.10 Å². The number of aromatic nitrogens is 2. The molecular formula is C19H16BrClN2O3. The topological polar surface area (TPSA) is 53.4 Å². The van der Waals surface area contributed by atoms with Crippen LogP contribution in [0.4, 0.5) is 0 Å². The van der Waals surface area contributed by atoms with Gasteiger partial charge in [0.2, 0.25) is 0 Å². The Labute approximate surface area is 164 Å². The van der Waals surface area contributed by atoms with Crippen LogP contribution in [0, 0.1) is 0 Å². The fourth-order valence-electron chi connectivity index (χ4n) is 2.29. The minimum Gasteiger partial charge on any atom is -0.489 e. The van der Waals surface area contributed by atoms with Gasteiger partial charge in [0.15, 0.2) is 0 Å².